The lowest BCUT2D eigenvalue weighted by molar-refractivity contribution is 0.484. The second-order valence-electron chi connectivity index (χ2n) is 15.0. The van der Waals surface area contributed by atoms with E-state index >= 15 is 0 Å². The highest BCUT2D eigenvalue weighted by Gasteiger charge is 2.36. The van der Waals surface area contributed by atoms with E-state index < -0.39 is 20.7 Å². The van der Waals surface area contributed by atoms with Crippen LogP contribution >= 0.6 is 20.7 Å². The van der Waals surface area contributed by atoms with E-state index in [1.807, 2.05) is 0 Å². The summed E-state index contributed by atoms with van der Waals surface area (Å²) < 4.78 is 11.8. The van der Waals surface area contributed by atoms with Gasteiger partial charge in [0.15, 0.2) is 11.4 Å². The first-order chi connectivity index (χ1) is 26.0. The number of rotatable bonds is 4. The predicted molar refractivity (Wildman–Crippen MR) is 230 cm³/mol. The van der Waals surface area contributed by atoms with Crippen molar-refractivity contribution >= 4 is 77.7 Å². The maximum Gasteiger partial charge on any atom is 0.161 e. The second-order valence-corrected chi connectivity index (χ2v) is 17.6. The van der Waals surface area contributed by atoms with Crippen molar-refractivity contribution in [3.8, 4) is 11.1 Å². The molecule has 0 saturated carbocycles. The van der Waals surface area contributed by atoms with E-state index in [1.165, 1.54) is 55.2 Å². The van der Waals surface area contributed by atoms with Gasteiger partial charge in [-0.2, -0.15) is 0 Å². The molecule has 2 aliphatic carbocycles. The minimum absolute atomic E-state index is 0.0660. The van der Waals surface area contributed by atoms with Crippen LogP contribution in [0.4, 0.5) is 0 Å². The van der Waals surface area contributed by atoms with Crippen molar-refractivity contribution in [1.29, 1.82) is 0 Å². The number of aliphatic imine (C=N–C) groups is 2. The summed E-state index contributed by atoms with van der Waals surface area (Å²) in [5, 5.41) is 4.78. The molecule has 2 aromatic heterocycles. The van der Waals surface area contributed by atoms with Gasteiger partial charge in [-0.1, -0.05) is 117 Å². The van der Waals surface area contributed by atoms with Gasteiger partial charge in [-0.05, 0) is 98.6 Å². The van der Waals surface area contributed by atoms with Crippen molar-refractivity contribution in [3.05, 3.63) is 167 Å². The van der Waals surface area contributed by atoms with Crippen molar-refractivity contribution < 1.29 is 4.42 Å². The summed E-state index contributed by atoms with van der Waals surface area (Å²) in [5.41, 5.74) is 13.2. The molecule has 3 heterocycles. The van der Waals surface area contributed by atoms with Crippen molar-refractivity contribution in [2.75, 3.05) is 0 Å². The monoisotopic (exact) mass is 797 g/mol. The quantitative estimate of drug-likeness (QED) is 0.129. The first kappa shape index (κ1) is 31.2. The molecule has 11 rings (SSSR count). The van der Waals surface area contributed by atoms with E-state index in [4.69, 9.17) is 14.4 Å². The van der Waals surface area contributed by atoms with E-state index in [9.17, 15) is 0 Å². The molecular formula is C48H36IN3O. The molecular weight excluding hydrogens is 761 g/mol. The van der Waals surface area contributed by atoms with Crippen LogP contribution in [-0.2, 0) is 5.41 Å². The van der Waals surface area contributed by atoms with Crippen molar-refractivity contribution in [2.45, 2.75) is 44.6 Å². The van der Waals surface area contributed by atoms with Crippen LogP contribution in [0.2, 0.25) is 0 Å². The highest BCUT2D eigenvalue weighted by Crippen LogP contribution is 2.52. The standard InChI is InChI=1S/C48H36IN3O/c1-48(2)39-21-13-12-20-33(39)36-27-37-34-23-24-35-38-26-31(47-50-45(29-14-6-3-7-15-29)49-46(51-47)30-16-8-4-9-17-30)22-25-42(38)53-44(35)43(34)52(41(37)28-40(36)48)32-18-10-5-11-19-32/h3-10,12-17,20-28,32H,11,18-19H2,1-2H3/t32-/m0/s1. The van der Waals surface area contributed by atoms with Gasteiger partial charge in [0.25, 0.3) is 0 Å². The molecule has 5 heteroatoms. The van der Waals surface area contributed by atoms with Gasteiger partial charge in [-0.15, -0.1) is 0 Å². The topological polar surface area (TPSA) is 42.8 Å². The Balaban J connectivity index is 1.13. The summed E-state index contributed by atoms with van der Waals surface area (Å²) in [6.45, 7) is 4.75. The normalized spacial score (nSPS) is 17.8. The molecule has 256 valence electrons. The minimum Gasteiger partial charge on any atom is -0.454 e. The first-order valence-corrected chi connectivity index (χ1v) is 20.7. The fraction of sp³-hybridized carbons (Fsp3) is 0.146. The number of fused-ring (bicyclic) bond motifs is 10. The van der Waals surface area contributed by atoms with Gasteiger partial charge in [0.05, 0.1) is 5.52 Å². The van der Waals surface area contributed by atoms with Crippen molar-refractivity contribution in [3.63, 3.8) is 0 Å². The maximum atomic E-state index is 6.93. The molecule has 0 radical (unpaired) electrons. The molecule has 1 atom stereocenters. The lowest BCUT2D eigenvalue weighted by Gasteiger charge is -2.24. The fourth-order valence-corrected chi connectivity index (χ4v) is 11.5. The summed E-state index contributed by atoms with van der Waals surface area (Å²) >= 11 is -0.560. The summed E-state index contributed by atoms with van der Waals surface area (Å²) in [6, 6.07) is 46.5. The summed E-state index contributed by atoms with van der Waals surface area (Å²) in [5.74, 6) is 0.756. The van der Waals surface area contributed by atoms with E-state index in [1.54, 1.807) is 0 Å². The van der Waals surface area contributed by atoms with Gasteiger partial charge in [0, 0.05) is 55.2 Å². The van der Waals surface area contributed by atoms with Crippen LogP contribution in [0.25, 0.3) is 54.9 Å². The average Bonchev–Trinajstić information content (AvgIpc) is 3.83. The minimum atomic E-state index is -0.560. The van der Waals surface area contributed by atoms with Crippen LogP contribution in [0.1, 0.15) is 67.0 Å². The molecule has 0 bridgehead atoms. The van der Waals surface area contributed by atoms with Gasteiger partial charge in [-0.3, -0.25) is 0 Å². The third-order valence-corrected chi connectivity index (χ3v) is 14.3. The zero-order valence-corrected chi connectivity index (χ0v) is 31.8. The number of furan rings is 1. The highest BCUT2D eigenvalue weighted by molar-refractivity contribution is 14.2. The Labute approximate surface area is 318 Å². The number of aromatic nitrogens is 1. The summed E-state index contributed by atoms with van der Waals surface area (Å²) in [7, 11) is 0. The third-order valence-electron chi connectivity index (χ3n) is 11.6. The van der Waals surface area contributed by atoms with Crippen LogP contribution in [0.3, 0.4) is 0 Å². The van der Waals surface area contributed by atoms with E-state index in [-0.39, 0.29) is 5.41 Å². The van der Waals surface area contributed by atoms with Gasteiger partial charge < -0.3 is 8.98 Å². The molecule has 0 N–H and O–H groups in total. The molecule has 3 aliphatic rings. The molecule has 0 fully saturated rings. The molecule has 0 amide bonds. The lowest BCUT2D eigenvalue weighted by atomic mass is 9.82. The third kappa shape index (κ3) is 4.76. The SMILES string of the molecule is CC1(C)c2ccccc2-c2cc3c4ccc5c6cc(C7=NC(c8ccccc8)=IC(c8ccccc8)=N7)ccc6oc5c4n([C@H]4CC=CCC4)c3cc21. The molecule has 1 aliphatic heterocycles. The first-order valence-electron chi connectivity index (χ1n) is 18.6. The smallest absolute Gasteiger partial charge is 0.161 e. The molecule has 53 heavy (non-hydrogen) atoms. The molecule has 0 spiro atoms. The highest BCUT2D eigenvalue weighted by atomic mass is 127. The van der Waals surface area contributed by atoms with E-state index in [0.717, 1.165) is 60.0 Å². The number of hydrogen-bond donors (Lipinski definition) is 0. The van der Waals surface area contributed by atoms with Crippen LogP contribution < -0.4 is 0 Å². The predicted octanol–water partition coefficient (Wildman–Crippen LogP) is 12.6. The summed E-state index contributed by atoms with van der Waals surface area (Å²) in [6.07, 6.45) is 7.92. The maximum absolute atomic E-state index is 6.93. The number of amidine groups is 1. The van der Waals surface area contributed by atoms with Crippen LogP contribution in [-0.4, -0.2) is 17.8 Å². The zero-order valence-electron chi connectivity index (χ0n) is 29.6. The van der Waals surface area contributed by atoms with Gasteiger partial charge in [0.1, 0.15) is 12.9 Å². The average molecular weight is 798 g/mol. The van der Waals surface area contributed by atoms with Crippen molar-refractivity contribution in [2.24, 2.45) is 9.98 Å². The Morgan fingerprint density at radius 3 is 2.25 bits per heavy atom. The number of allylic oxidation sites excluding steroid dienone is 2. The van der Waals surface area contributed by atoms with Gasteiger partial charge in [-0.25, -0.2) is 9.98 Å². The molecule has 0 unspecified atom stereocenters. The van der Waals surface area contributed by atoms with Crippen molar-refractivity contribution in [1.82, 2.24) is 4.57 Å². The molecule has 6 aromatic carbocycles. The number of hydrogen-bond acceptors (Lipinski definition) is 3. The Morgan fingerprint density at radius 2 is 1.43 bits per heavy atom. The van der Waals surface area contributed by atoms with Crippen LogP contribution in [0, 0.1) is 0 Å². The van der Waals surface area contributed by atoms with Gasteiger partial charge in [0.2, 0.25) is 0 Å². The summed E-state index contributed by atoms with van der Waals surface area (Å²) in [4.78, 5) is 10.5. The van der Waals surface area contributed by atoms with E-state index in [0.29, 0.717) is 6.04 Å². The molecule has 0 saturated heterocycles. The Morgan fingerprint density at radius 1 is 0.660 bits per heavy atom. The fourth-order valence-electron chi connectivity index (χ4n) is 8.94. The Bertz CT molecular complexity index is 2900. The zero-order chi connectivity index (χ0) is 35.3. The van der Waals surface area contributed by atoms with Crippen LogP contribution in [0.15, 0.2) is 154 Å². The number of nitrogens with zero attached hydrogens (tertiary/aromatic N) is 3. The van der Waals surface area contributed by atoms with Crippen LogP contribution in [0.5, 0.6) is 0 Å². The van der Waals surface area contributed by atoms with E-state index in [2.05, 4.69) is 158 Å². The Kier molecular flexibility index (Phi) is 6.94. The Hall–Kier alpha value is -5.40. The largest absolute Gasteiger partial charge is 0.454 e. The number of halogens is 1. The lowest BCUT2D eigenvalue weighted by Crippen LogP contribution is -2.15. The molecule has 8 aromatic rings. The second kappa shape index (κ2) is 11.8. The van der Waals surface area contributed by atoms with Gasteiger partial charge >= 0.3 is 0 Å². The number of benzene rings is 6. The molecule has 4 nitrogen and oxygen atoms in total.